The zero-order chi connectivity index (χ0) is 20.4. The number of pyridine rings is 1. The van der Waals surface area contributed by atoms with E-state index in [2.05, 4.69) is 20.3 Å². The molecule has 0 spiro atoms. The fraction of sp³-hybridized carbons (Fsp3) is 0.238. The Morgan fingerprint density at radius 3 is 2.17 bits per heavy atom. The maximum atomic E-state index is 13.1. The molecule has 1 aliphatic carbocycles. The quantitative estimate of drug-likeness (QED) is 0.673. The molecule has 4 rings (SSSR count). The van der Waals surface area contributed by atoms with Gasteiger partial charge in [-0.1, -0.05) is 12.5 Å². The van der Waals surface area contributed by atoms with Crippen LogP contribution in [0, 0.1) is 0 Å². The Morgan fingerprint density at radius 1 is 1.00 bits per heavy atom. The SMILES string of the molecule is CS(=O)c1ccc(NC(=O)C2(c3ccc(-c4cnc(N)nc4)cn3)CCC2)cc1. The van der Waals surface area contributed by atoms with Gasteiger partial charge in [0.15, 0.2) is 0 Å². The van der Waals surface area contributed by atoms with Gasteiger partial charge in [-0.3, -0.25) is 14.0 Å². The van der Waals surface area contributed by atoms with Gasteiger partial charge in [-0.15, -0.1) is 0 Å². The lowest BCUT2D eigenvalue weighted by Gasteiger charge is -2.39. The first-order chi connectivity index (χ1) is 14.0. The van der Waals surface area contributed by atoms with Crippen molar-refractivity contribution < 1.29 is 9.00 Å². The Bertz CT molecular complexity index is 1050. The number of nitrogen functional groups attached to an aromatic ring is 1. The van der Waals surface area contributed by atoms with E-state index in [0.29, 0.717) is 5.69 Å². The number of amides is 1. The standard InChI is InChI=1S/C21H21N5O2S/c1-29(28)17-6-4-16(5-7-17)26-19(27)21(9-2-10-21)18-8-3-14(11-23-18)15-12-24-20(22)25-13-15/h3-8,11-13H,2,9-10H2,1H3,(H,26,27)(H2,22,24,25). The molecule has 29 heavy (non-hydrogen) atoms. The van der Waals surface area contributed by atoms with Gasteiger partial charge in [0.2, 0.25) is 11.9 Å². The second kappa shape index (κ2) is 7.71. The number of aromatic nitrogens is 3. The molecule has 2 aromatic heterocycles. The lowest BCUT2D eigenvalue weighted by atomic mass is 9.65. The molecule has 0 saturated heterocycles. The normalized spacial score (nSPS) is 15.9. The smallest absolute Gasteiger partial charge is 0.236 e. The zero-order valence-electron chi connectivity index (χ0n) is 16.0. The molecule has 3 aromatic rings. The largest absolute Gasteiger partial charge is 0.368 e. The summed E-state index contributed by atoms with van der Waals surface area (Å²) in [6.07, 6.45) is 9.16. The van der Waals surface area contributed by atoms with Crippen molar-refractivity contribution in [2.75, 3.05) is 17.3 Å². The van der Waals surface area contributed by atoms with E-state index >= 15 is 0 Å². The molecule has 148 valence electrons. The van der Waals surface area contributed by atoms with Crippen molar-refractivity contribution >= 4 is 28.3 Å². The Labute approximate surface area is 171 Å². The molecule has 1 unspecified atom stereocenters. The predicted octanol–water partition coefficient (Wildman–Crippen LogP) is 2.92. The fourth-order valence-corrected chi connectivity index (χ4v) is 3.96. The summed E-state index contributed by atoms with van der Waals surface area (Å²) in [5, 5.41) is 2.99. The van der Waals surface area contributed by atoms with Crippen molar-refractivity contribution in [1.29, 1.82) is 0 Å². The molecule has 3 N–H and O–H groups in total. The van der Waals surface area contributed by atoms with E-state index in [1.807, 2.05) is 12.1 Å². The van der Waals surface area contributed by atoms with E-state index in [0.717, 1.165) is 41.0 Å². The van der Waals surface area contributed by atoms with Crippen LogP contribution in [0.1, 0.15) is 25.0 Å². The summed E-state index contributed by atoms with van der Waals surface area (Å²) in [6.45, 7) is 0. The van der Waals surface area contributed by atoms with Gasteiger partial charge < -0.3 is 11.1 Å². The molecule has 0 radical (unpaired) electrons. The molecule has 1 fully saturated rings. The van der Waals surface area contributed by atoms with Crippen LogP contribution in [0.4, 0.5) is 11.6 Å². The van der Waals surface area contributed by atoms with Gasteiger partial charge in [-0.05, 0) is 43.2 Å². The number of nitrogens with two attached hydrogens (primary N) is 1. The molecule has 1 atom stereocenters. The van der Waals surface area contributed by atoms with E-state index in [-0.39, 0.29) is 11.9 Å². The van der Waals surface area contributed by atoms with Crippen molar-refractivity contribution in [3.8, 4) is 11.1 Å². The zero-order valence-corrected chi connectivity index (χ0v) is 16.8. The average Bonchev–Trinajstić information content (AvgIpc) is 2.69. The van der Waals surface area contributed by atoms with E-state index in [4.69, 9.17) is 5.73 Å². The van der Waals surface area contributed by atoms with Crippen molar-refractivity contribution in [2.24, 2.45) is 0 Å². The summed E-state index contributed by atoms with van der Waals surface area (Å²) in [4.78, 5) is 26.4. The summed E-state index contributed by atoms with van der Waals surface area (Å²) in [6, 6.07) is 10.9. The van der Waals surface area contributed by atoms with Gasteiger partial charge in [-0.25, -0.2) is 9.97 Å². The minimum absolute atomic E-state index is 0.0646. The molecule has 1 amide bonds. The first-order valence-electron chi connectivity index (χ1n) is 9.27. The topological polar surface area (TPSA) is 111 Å². The Balaban J connectivity index is 1.54. The lowest BCUT2D eigenvalue weighted by Crippen LogP contribution is -2.46. The number of nitrogens with zero attached hydrogens (tertiary/aromatic N) is 3. The Hall–Kier alpha value is -3.13. The van der Waals surface area contributed by atoms with E-state index < -0.39 is 16.2 Å². The van der Waals surface area contributed by atoms with Crippen LogP contribution >= 0.6 is 0 Å². The molecule has 0 bridgehead atoms. The van der Waals surface area contributed by atoms with Gasteiger partial charge in [0.25, 0.3) is 0 Å². The first kappa shape index (κ1) is 19.2. The number of hydrogen-bond donors (Lipinski definition) is 2. The second-order valence-electron chi connectivity index (χ2n) is 7.13. The van der Waals surface area contributed by atoms with Crippen molar-refractivity contribution in [3.63, 3.8) is 0 Å². The monoisotopic (exact) mass is 407 g/mol. The van der Waals surface area contributed by atoms with Crippen LogP contribution in [0.15, 0.2) is 59.9 Å². The third kappa shape index (κ3) is 3.75. The van der Waals surface area contributed by atoms with Crippen LogP contribution in [0.25, 0.3) is 11.1 Å². The first-order valence-corrected chi connectivity index (χ1v) is 10.8. The minimum Gasteiger partial charge on any atom is -0.368 e. The fourth-order valence-electron chi connectivity index (χ4n) is 3.45. The number of hydrogen-bond acceptors (Lipinski definition) is 6. The van der Waals surface area contributed by atoms with Gasteiger partial charge in [-0.2, -0.15) is 0 Å². The summed E-state index contributed by atoms with van der Waals surface area (Å²) in [5.74, 6) is 0.159. The molecule has 2 heterocycles. The number of benzene rings is 1. The van der Waals surface area contributed by atoms with Crippen LogP contribution in [0.5, 0.6) is 0 Å². The highest BCUT2D eigenvalue weighted by atomic mass is 32.2. The molecule has 1 saturated carbocycles. The Morgan fingerprint density at radius 2 is 1.66 bits per heavy atom. The third-order valence-electron chi connectivity index (χ3n) is 5.34. The average molecular weight is 407 g/mol. The maximum absolute atomic E-state index is 13.1. The van der Waals surface area contributed by atoms with Crippen molar-refractivity contribution in [3.05, 3.63) is 60.7 Å². The van der Waals surface area contributed by atoms with Gasteiger partial charge in [0, 0.05) is 57.4 Å². The van der Waals surface area contributed by atoms with Crippen LogP contribution in [-0.2, 0) is 21.0 Å². The second-order valence-corrected chi connectivity index (χ2v) is 8.51. The number of rotatable bonds is 5. The third-order valence-corrected chi connectivity index (χ3v) is 6.28. The molecule has 7 nitrogen and oxygen atoms in total. The molecule has 1 aromatic carbocycles. The maximum Gasteiger partial charge on any atom is 0.236 e. The van der Waals surface area contributed by atoms with Crippen LogP contribution < -0.4 is 11.1 Å². The molecular formula is C21H21N5O2S. The van der Waals surface area contributed by atoms with Gasteiger partial charge >= 0.3 is 0 Å². The number of carbonyl (C=O) groups excluding carboxylic acids is 1. The summed E-state index contributed by atoms with van der Waals surface area (Å²) in [7, 11) is -1.05. The van der Waals surface area contributed by atoms with Crippen molar-refractivity contribution in [2.45, 2.75) is 29.6 Å². The highest BCUT2D eigenvalue weighted by Crippen LogP contribution is 2.44. The van der Waals surface area contributed by atoms with Crippen LogP contribution in [-0.4, -0.2) is 31.3 Å². The van der Waals surface area contributed by atoms with E-state index in [9.17, 15) is 9.00 Å². The lowest BCUT2D eigenvalue weighted by molar-refractivity contribution is -0.124. The molecule has 0 aliphatic heterocycles. The van der Waals surface area contributed by atoms with E-state index in [1.165, 1.54) is 0 Å². The van der Waals surface area contributed by atoms with E-state index in [1.54, 1.807) is 49.1 Å². The molecule has 8 heteroatoms. The molecular weight excluding hydrogens is 386 g/mol. The number of carbonyl (C=O) groups is 1. The highest BCUT2D eigenvalue weighted by molar-refractivity contribution is 7.84. The summed E-state index contributed by atoms with van der Waals surface area (Å²) >= 11 is 0. The number of anilines is 2. The summed E-state index contributed by atoms with van der Waals surface area (Å²) in [5.41, 5.74) is 8.04. The van der Waals surface area contributed by atoms with Gasteiger partial charge in [0.1, 0.15) is 0 Å². The van der Waals surface area contributed by atoms with Crippen LogP contribution in [0.3, 0.4) is 0 Å². The predicted molar refractivity (Wildman–Crippen MR) is 113 cm³/mol. The number of nitrogens with one attached hydrogen (secondary N) is 1. The summed E-state index contributed by atoms with van der Waals surface area (Å²) < 4.78 is 11.5. The molecule has 1 aliphatic rings. The Kier molecular flexibility index (Phi) is 5.10. The highest BCUT2D eigenvalue weighted by Gasteiger charge is 2.46. The van der Waals surface area contributed by atoms with Crippen molar-refractivity contribution in [1.82, 2.24) is 15.0 Å². The van der Waals surface area contributed by atoms with Crippen LogP contribution in [0.2, 0.25) is 0 Å². The van der Waals surface area contributed by atoms with Gasteiger partial charge in [0.05, 0.1) is 11.1 Å². The minimum atomic E-state index is -1.05.